The maximum Gasteiger partial charge on any atom is 0.244 e. The Morgan fingerprint density at radius 2 is 2.08 bits per heavy atom. The smallest absolute Gasteiger partial charge is 0.244 e. The largest absolute Gasteiger partial charge is 0.497 e. The Balaban J connectivity index is 1.65. The molecule has 0 aliphatic carbocycles. The van der Waals surface area contributed by atoms with Gasteiger partial charge in [0.15, 0.2) is 0 Å². The maximum atomic E-state index is 12.1. The Labute approximate surface area is 159 Å². The first-order valence-electron chi connectivity index (χ1n) is 7.90. The number of hydrogen-bond acceptors (Lipinski definition) is 4. The molecule has 0 aliphatic heterocycles. The summed E-state index contributed by atoms with van der Waals surface area (Å²) in [4.78, 5) is 16.6. The zero-order chi connectivity index (χ0) is 18.5. The average molecular weight is 416 g/mol. The van der Waals surface area contributed by atoms with E-state index in [0.717, 1.165) is 21.4 Å². The normalized spacial score (nSPS) is 11.0. The number of aromatic nitrogens is 2. The van der Waals surface area contributed by atoms with E-state index in [9.17, 15) is 4.79 Å². The second-order valence-corrected chi connectivity index (χ2v) is 6.42. The van der Waals surface area contributed by atoms with E-state index in [2.05, 4.69) is 26.2 Å². The number of halogens is 1. The zero-order valence-corrected chi connectivity index (χ0v) is 16.0. The Bertz CT molecular complexity index is 966. The monoisotopic (exact) mass is 415 g/mol. The molecule has 6 nitrogen and oxygen atoms in total. The SMILES string of the molecule is COc1ccc(OC)c(/C=C/C(=O)NCc2cn3cc(Br)ccc3n2)c1. The van der Waals surface area contributed by atoms with Crippen molar-refractivity contribution < 1.29 is 14.3 Å². The second-order valence-electron chi connectivity index (χ2n) is 5.50. The van der Waals surface area contributed by atoms with Gasteiger partial charge in [-0.25, -0.2) is 4.98 Å². The molecule has 3 rings (SSSR count). The summed E-state index contributed by atoms with van der Waals surface area (Å²) in [5, 5.41) is 2.83. The van der Waals surface area contributed by atoms with Gasteiger partial charge in [-0.05, 0) is 52.3 Å². The summed E-state index contributed by atoms with van der Waals surface area (Å²) in [5.74, 6) is 1.15. The average Bonchev–Trinajstić information content (AvgIpc) is 3.06. The van der Waals surface area contributed by atoms with Crippen molar-refractivity contribution in [3.8, 4) is 11.5 Å². The van der Waals surface area contributed by atoms with Crippen molar-refractivity contribution in [2.45, 2.75) is 6.54 Å². The van der Waals surface area contributed by atoms with E-state index in [1.165, 1.54) is 6.08 Å². The topological polar surface area (TPSA) is 64.9 Å². The number of benzene rings is 1. The van der Waals surface area contributed by atoms with E-state index in [4.69, 9.17) is 9.47 Å². The summed E-state index contributed by atoms with van der Waals surface area (Å²) in [6.07, 6.45) is 6.96. The van der Waals surface area contributed by atoms with Crippen LogP contribution in [0.5, 0.6) is 11.5 Å². The van der Waals surface area contributed by atoms with E-state index in [1.54, 1.807) is 32.4 Å². The van der Waals surface area contributed by atoms with Crippen LogP contribution in [0.15, 0.2) is 53.3 Å². The summed E-state index contributed by atoms with van der Waals surface area (Å²) in [6, 6.07) is 9.24. The fourth-order valence-electron chi connectivity index (χ4n) is 2.47. The number of methoxy groups -OCH3 is 2. The van der Waals surface area contributed by atoms with Crippen LogP contribution in [0.3, 0.4) is 0 Å². The maximum absolute atomic E-state index is 12.1. The van der Waals surface area contributed by atoms with Gasteiger partial charge < -0.3 is 19.2 Å². The van der Waals surface area contributed by atoms with Gasteiger partial charge in [0, 0.05) is 28.5 Å². The third-order valence-corrected chi connectivity index (χ3v) is 4.23. The van der Waals surface area contributed by atoms with Gasteiger partial charge in [0.2, 0.25) is 5.91 Å². The molecule has 0 saturated carbocycles. The first kappa shape index (κ1) is 18.0. The number of pyridine rings is 1. The fraction of sp³-hybridized carbons (Fsp3) is 0.158. The van der Waals surface area contributed by atoms with Crippen molar-refractivity contribution in [3.63, 3.8) is 0 Å². The quantitative estimate of drug-likeness (QED) is 0.626. The Morgan fingerprint density at radius 1 is 1.23 bits per heavy atom. The van der Waals surface area contributed by atoms with Crippen molar-refractivity contribution in [2.75, 3.05) is 14.2 Å². The zero-order valence-electron chi connectivity index (χ0n) is 14.4. The molecule has 134 valence electrons. The van der Waals surface area contributed by atoms with Crippen LogP contribution in [-0.2, 0) is 11.3 Å². The van der Waals surface area contributed by atoms with Crippen molar-refractivity contribution in [3.05, 3.63) is 64.5 Å². The molecule has 0 unspecified atom stereocenters. The lowest BCUT2D eigenvalue weighted by Gasteiger charge is -2.07. The van der Waals surface area contributed by atoms with E-state index in [0.29, 0.717) is 18.0 Å². The molecule has 0 saturated heterocycles. The molecule has 0 bridgehead atoms. The van der Waals surface area contributed by atoms with Gasteiger partial charge in [0.05, 0.1) is 26.5 Å². The van der Waals surface area contributed by atoms with Gasteiger partial charge in [-0.3, -0.25) is 4.79 Å². The van der Waals surface area contributed by atoms with Crippen molar-refractivity contribution in [1.29, 1.82) is 0 Å². The fourth-order valence-corrected chi connectivity index (χ4v) is 2.83. The molecular weight excluding hydrogens is 398 g/mol. The lowest BCUT2D eigenvalue weighted by atomic mass is 10.1. The predicted molar refractivity (Wildman–Crippen MR) is 103 cm³/mol. The van der Waals surface area contributed by atoms with Crippen LogP contribution >= 0.6 is 15.9 Å². The molecule has 1 amide bonds. The number of ether oxygens (including phenoxy) is 2. The van der Waals surface area contributed by atoms with Crippen LogP contribution in [-0.4, -0.2) is 29.5 Å². The molecule has 1 aromatic carbocycles. The number of amides is 1. The number of nitrogens with one attached hydrogen (secondary N) is 1. The molecule has 0 spiro atoms. The molecule has 0 atom stereocenters. The molecule has 2 aromatic heterocycles. The van der Waals surface area contributed by atoms with Gasteiger partial charge >= 0.3 is 0 Å². The van der Waals surface area contributed by atoms with Crippen LogP contribution in [0.4, 0.5) is 0 Å². The highest BCUT2D eigenvalue weighted by Crippen LogP contribution is 2.25. The van der Waals surface area contributed by atoms with Crippen LogP contribution in [0.2, 0.25) is 0 Å². The second kappa shape index (κ2) is 8.05. The summed E-state index contributed by atoms with van der Waals surface area (Å²) < 4.78 is 13.4. The number of nitrogens with zero attached hydrogens (tertiary/aromatic N) is 2. The van der Waals surface area contributed by atoms with Crippen molar-refractivity contribution in [1.82, 2.24) is 14.7 Å². The van der Waals surface area contributed by atoms with Crippen LogP contribution in [0, 0.1) is 0 Å². The third kappa shape index (κ3) is 4.23. The molecule has 0 radical (unpaired) electrons. The minimum Gasteiger partial charge on any atom is -0.497 e. The standard InChI is InChI=1S/C19H18BrN3O3/c1-25-16-5-6-17(26-2)13(9-16)3-8-19(24)21-10-15-12-23-11-14(20)4-7-18(23)22-15/h3-9,11-12H,10H2,1-2H3,(H,21,24)/b8-3+. The number of carbonyl (C=O) groups excluding carboxylic acids is 1. The number of rotatable bonds is 6. The predicted octanol–water partition coefficient (Wildman–Crippen LogP) is 3.44. The minimum absolute atomic E-state index is 0.215. The minimum atomic E-state index is -0.215. The third-order valence-electron chi connectivity index (χ3n) is 3.76. The van der Waals surface area contributed by atoms with Gasteiger partial charge in [-0.15, -0.1) is 0 Å². The molecule has 0 aliphatic rings. The molecule has 7 heteroatoms. The molecule has 26 heavy (non-hydrogen) atoms. The summed E-state index contributed by atoms with van der Waals surface area (Å²) in [6.45, 7) is 0.345. The first-order valence-corrected chi connectivity index (χ1v) is 8.69. The lowest BCUT2D eigenvalue weighted by Crippen LogP contribution is -2.20. The van der Waals surface area contributed by atoms with Crippen LogP contribution in [0.1, 0.15) is 11.3 Å². The summed E-state index contributed by atoms with van der Waals surface area (Å²) >= 11 is 3.42. The molecule has 1 N–H and O–H groups in total. The number of fused-ring (bicyclic) bond motifs is 1. The number of imidazole rings is 1. The van der Waals surface area contributed by atoms with Crippen molar-refractivity contribution >= 4 is 33.6 Å². The van der Waals surface area contributed by atoms with Gasteiger partial charge in [0.1, 0.15) is 17.1 Å². The Hall–Kier alpha value is -2.80. The van der Waals surface area contributed by atoms with E-state index in [1.807, 2.05) is 35.0 Å². The Kier molecular flexibility index (Phi) is 5.58. The van der Waals surface area contributed by atoms with Crippen molar-refractivity contribution in [2.24, 2.45) is 0 Å². The first-order chi connectivity index (χ1) is 12.6. The number of carbonyl (C=O) groups is 1. The lowest BCUT2D eigenvalue weighted by molar-refractivity contribution is -0.116. The molecule has 3 aromatic rings. The van der Waals surface area contributed by atoms with E-state index < -0.39 is 0 Å². The number of hydrogen-bond donors (Lipinski definition) is 1. The highest BCUT2D eigenvalue weighted by Gasteiger charge is 2.05. The molecule has 0 fully saturated rings. The van der Waals surface area contributed by atoms with Gasteiger partial charge in [-0.1, -0.05) is 0 Å². The summed E-state index contributed by atoms with van der Waals surface area (Å²) in [5.41, 5.74) is 2.37. The molecule has 2 heterocycles. The van der Waals surface area contributed by atoms with Crippen LogP contribution < -0.4 is 14.8 Å². The van der Waals surface area contributed by atoms with Gasteiger partial charge in [0.25, 0.3) is 0 Å². The van der Waals surface area contributed by atoms with E-state index >= 15 is 0 Å². The molecular formula is C19H18BrN3O3. The highest BCUT2D eigenvalue weighted by atomic mass is 79.9. The summed E-state index contributed by atoms with van der Waals surface area (Å²) in [7, 11) is 3.18. The highest BCUT2D eigenvalue weighted by molar-refractivity contribution is 9.10. The Morgan fingerprint density at radius 3 is 2.85 bits per heavy atom. The van der Waals surface area contributed by atoms with Gasteiger partial charge in [-0.2, -0.15) is 0 Å². The van der Waals surface area contributed by atoms with Crippen LogP contribution in [0.25, 0.3) is 11.7 Å². The van der Waals surface area contributed by atoms with E-state index in [-0.39, 0.29) is 5.91 Å².